The summed E-state index contributed by atoms with van der Waals surface area (Å²) in [6, 6.07) is 6.11. The fourth-order valence-electron chi connectivity index (χ4n) is 1.90. The highest BCUT2D eigenvalue weighted by atomic mass is 32.1. The number of esters is 1. The van der Waals surface area contributed by atoms with Gasteiger partial charge in [0.1, 0.15) is 15.4 Å². The van der Waals surface area contributed by atoms with Crippen LogP contribution in [0.4, 0.5) is 0 Å². The number of thiophene rings is 2. The molecule has 0 aliphatic carbocycles. The summed E-state index contributed by atoms with van der Waals surface area (Å²) in [6.07, 6.45) is 3.91. The Bertz CT molecular complexity index is 803. The molecule has 1 N–H and O–H groups in total. The summed E-state index contributed by atoms with van der Waals surface area (Å²) in [7, 11) is 0. The monoisotopic (exact) mass is 440 g/mol. The number of ether oxygens (including phenoxy) is 2. The minimum Gasteiger partial charge on any atom is -0.477 e. The maximum Gasteiger partial charge on any atom is 0.348 e. The largest absolute Gasteiger partial charge is 0.477 e. The van der Waals surface area contributed by atoms with Crippen LogP contribution in [0.2, 0.25) is 0 Å². The predicted octanol–water partition coefficient (Wildman–Crippen LogP) is 4.57. The molecule has 3 rings (SSSR count). The molecule has 29 heavy (non-hydrogen) atoms. The Balaban J connectivity index is 0.000000242. The molecule has 0 saturated carbocycles. The van der Waals surface area contributed by atoms with Crippen LogP contribution in [-0.2, 0) is 9.47 Å². The standard InChI is InChI=1S/C10H12O3S.C6H4O3S.C4H8O/c1-10(2,3)13-9(12)8-5-4-7(6-11)14-8;7-3-4-1-2-5(10-4)6(8)9;1-2-4-5-3-1/h4-6H,1-3H3;1-3H,(H,8,9);1-4H2. The van der Waals surface area contributed by atoms with Gasteiger partial charge in [0, 0.05) is 13.2 Å². The number of hydrogen-bond donors (Lipinski definition) is 1. The van der Waals surface area contributed by atoms with Gasteiger partial charge < -0.3 is 14.6 Å². The van der Waals surface area contributed by atoms with E-state index < -0.39 is 11.6 Å². The van der Waals surface area contributed by atoms with Gasteiger partial charge in [0.05, 0.1) is 9.75 Å². The Morgan fingerprint density at radius 3 is 1.76 bits per heavy atom. The van der Waals surface area contributed by atoms with Gasteiger partial charge in [0.15, 0.2) is 12.6 Å². The van der Waals surface area contributed by atoms with E-state index in [1.54, 1.807) is 32.9 Å². The van der Waals surface area contributed by atoms with E-state index in [-0.39, 0.29) is 10.8 Å². The molecule has 2 aromatic rings. The summed E-state index contributed by atoms with van der Waals surface area (Å²) in [5.41, 5.74) is -0.498. The SMILES string of the molecule is C1CCOC1.CC(C)(C)OC(=O)c1ccc(C=O)s1.O=Cc1ccc(C(=O)O)s1. The predicted molar refractivity (Wildman–Crippen MR) is 112 cm³/mol. The third kappa shape index (κ3) is 10.1. The minimum absolute atomic E-state index is 0.196. The van der Waals surface area contributed by atoms with E-state index in [1.807, 2.05) is 0 Å². The number of carboxylic acids is 1. The lowest BCUT2D eigenvalue weighted by molar-refractivity contribution is 0.00748. The second-order valence-electron chi connectivity index (χ2n) is 6.77. The lowest BCUT2D eigenvalue weighted by Gasteiger charge is -2.18. The smallest absolute Gasteiger partial charge is 0.348 e. The van der Waals surface area contributed by atoms with Crippen molar-refractivity contribution in [2.75, 3.05) is 13.2 Å². The third-order valence-corrected chi connectivity index (χ3v) is 5.11. The topological polar surface area (TPSA) is 107 Å². The normalized spacial score (nSPS) is 12.7. The summed E-state index contributed by atoms with van der Waals surface area (Å²) in [5.74, 6) is -1.37. The van der Waals surface area contributed by atoms with E-state index in [1.165, 1.54) is 25.0 Å². The average Bonchev–Trinajstić information content (AvgIpc) is 3.44. The van der Waals surface area contributed by atoms with Gasteiger partial charge in [-0.25, -0.2) is 9.59 Å². The maximum atomic E-state index is 11.5. The Morgan fingerprint density at radius 2 is 1.45 bits per heavy atom. The molecule has 1 aliphatic rings. The van der Waals surface area contributed by atoms with Crippen molar-refractivity contribution in [3.63, 3.8) is 0 Å². The summed E-state index contributed by atoms with van der Waals surface area (Å²) < 4.78 is 10.1. The first-order valence-electron chi connectivity index (χ1n) is 8.80. The molecule has 1 saturated heterocycles. The summed E-state index contributed by atoms with van der Waals surface area (Å²) in [5, 5.41) is 8.39. The van der Waals surface area contributed by atoms with E-state index in [9.17, 15) is 19.2 Å². The summed E-state index contributed by atoms with van der Waals surface area (Å²) >= 11 is 2.11. The molecule has 1 fully saturated rings. The van der Waals surface area contributed by atoms with Crippen molar-refractivity contribution < 1.29 is 33.8 Å². The zero-order chi connectivity index (χ0) is 21.9. The van der Waals surface area contributed by atoms with Crippen LogP contribution in [-0.4, -0.2) is 48.4 Å². The first-order valence-corrected chi connectivity index (χ1v) is 10.4. The van der Waals surface area contributed by atoms with Gasteiger partial charge in [-0.15, -0.1) is 22.7 Å². The molecule has 158 valence electrons. The van der Waals surface area contributed by atoms with Gasteiger partial charge in [-0.3, -0.25) is 9.59 Å². The fourth-order valence-corrected chi connectivity index (χ4v) is 3.26. The van der Waals surface area contributed by atoms with Crippen molar-refractivity contribution in [3.8, 4) is 0 Å². The van der Waals surface area contributed by atoms with Gasteiger partial charge in [-0.2, -0.15) is 0 Å². The molecule has 0 spiro atoms. The van der Waals surface area contributed by atoms with Crippen LogP contribution in [0.5, 0.6) is 0 Å². The van der Waals surface area contributed by atoms with Crippen LogP contribution in [0.1, 0.15) is 72.3 Å². The van der Waals surface area contributed by atoms with Crippen LogP contribution in [0, 0.1) is 0 Å². The van der Waals surface area contributed by atoms with Crippen LogP contribution < -0.4 is 0 Å². The Morgan fingerprint density at radius 1 is 0.966 bits per heavy atom. The van der Waals surface area contributed by atoms with Crippen molar-refractivity contribution in [1.29, 1.82) is 0 Å². The number of aldehydes is 2. The number of rotatable bonds is 4. The van der Waals surface area contributed by atoms with Gasteiger partial charge in [0.2, 0.25) is 0 Å². The zero-order valence-corrected chi connectivity index (χ0v) is 18.1. The molecule has 0 aromatic carbocycles. The second kappa shape index (κ2) is 12.3. The van der Waals surface area contributed by atoms with E-state index in [0.717, 1.165) is 42.2 Å². The van der Waals surface area contributed by atoms with Crippen molar-refractivity contribution in [1.82, 2.24) is 0 Å². The maximum absolute atomic E-state index is 11.5. The number of carboxylic acid groups (broad SMARTS) is 1. The molecular formula is C20H24O7S2. The van der Waals surface area contributed by atoms with E-state index in [4.69, 9.17) is 14.6 Å². The number of carbonyl (C=O) groups is 4. The molecule has 9 heteroatoms. The first-order chi connectivity index (χ1) is 13.7. The molecule has 1 aliphatic heterocycles. The second-order valence-corrected chi connectivity index (χ2v) is 9.00. The van der Waals surface area contributed by atoms with E-state index in [0.29, 0.717) is 20.9 Å². The molecule has 0 bridgehead atoms. The zero-order valence-electron chi connectivity index (χ0n) is 16.5. The van der Waals surface area contributed by atoms with Gasteiger partial charge >= 0.3 is 11.9 Å². The van der Waals surface area contributed by atoms with Gasteiger partial charge in [-0.1, -0.05) is 0 Å². The number of carbonyl (C=O) groups excluding carboxylic acids is 3. The molecule has 0 atom stereocenters. The Labute approximate surface area is 177 Å². The molecule has 0 unspecified atom stereocenters. The third-order valence-electron chi connectivity index (χ3n) is 3.12. The fraction of sp³-hybridized carbons (Fsp3) is 0.400. The molecule has 0 amide bonds. The van der Waals surface area contributed by atoms with E-state index in [2.05, 4.69) is 0 Å². The van der Waals surface area contributed by atoms with Crippen LogP contribution in [0.25, 0.3) is 0 Å². The highest BCUT2D eigenvalue weighted by Gasteiger charge is 2.19. The minimum atomic E-state index is -0.988. The Hall–Kier alpha value is -2.36. The molecule has 3 heterocycles. The molecule has 2 aromatic heterocycles. The highest BCUT2D eigenvalue weighted by molar-refractivity contribution is 7.15. The highest BCUT2D eigenvalue weighted by Crippen LogP contribution is 2.18. The summed E-state index contributed by atoms with van der Waals surface area (Å²) in [4.78, 5) is 43.8. The lowest BCUT2D eigenvalue weighted by Crippen LogP contribution is -2.23. The summed E-state index contributed by atoms with van der Waals surface area (Å²) in [6.45, 7) is 7.41. The van der Waals surface area contributed by atoms with Crippen molar-refractivity contribution in [2.45, 2.75) is 39.2 Å². The van der Waals surface area contributed by atoms with Crippen molar-refractivity contribution in [3.05, 3.63) is 43.8 Å². The van der Waals surface area contributed by atoms with Crippen LogP contribution in [0.15, 0.2) is 24.3 Å². The lowest BCUT2D eigenvalue weighted by atomic mass is 10.2. The number of hydrogen-bond acceptors (Lipinski definition) is 8. The Kier molecular flexibility index (Phi) is 10.4. The van der Waals surface area contributed by atoms with Crippen molar-refractivity contribution >= 4 is 47.2 Å². The van der Waals surface area contributed by atoms with Gasteiger partial charge in [0.25, 0.3) is 0 Å². The quantitative estimate of drug-likeness (QED) is 0.548. The van der Waals surface area contributed by atoms with E-state index >= 15 is 0 Å². The average molecular weight is 441 g/mol. The molecular weight excluding hydrogens is 416 g/mol. The molecule has 0 radical (unpaired) electrons. The number of aromatic carboxylic acids is 1. The van der Waals surface area contributed by atoms with Crippen molar-refractivity contribution in [2.24, 2.45) is 0 Å². The van der Waals surface area contributed by atoms with Crippen LogP contribution in [0.3, 0.4) is 0 Å². The van der Waals surface area contributed by atoms with Gasteiger partial charge in [-0.05, 0) is 57.9 Å². The van der Waals surface area contributed by atoms with Crippen LogP contribution >= 0.6 is 22.7 Å². The first kappa shape index (κ1) is 24.7. The molecule has 7 nitrogen and oxygen atoms in total.